The summed E-state index contributed by atoms with van der Waals surface area (Å²) in [6, 6.07) is 33.0. The zero-order valence-electron chi connectivity index (χ0n) is 30.5. The Morgan fingerprint density at radius 1 is 0.750 bits per heavy atom. The first-order valence-electron chi connectivity index (χ1n) is 17.7. The van der Waals surface area contributed by atoms with E-state index >= 15 is 0 Å². The predicted molar refractivity (Wildman–Crippen MR) is 200 cm³/mol. The maximum Gasteiger partial charge on any atom is 0.410 e. The van der Waals surface area contributed by atoms with E-state index in [9.17, 15) is 4.79 Å². The fourth-order valence-electron chi connectivity index (χ4n) is 6.78. The molecule has 1 amide bonds. The van der Waals surface area contributed by atoms with Gasteiger partial charge in [-0.3, -0.25) is 9.80 Å². The number of benzene rings is 3. The lowest BCUT2D eigenvalue weighted by Crippen LogP contribution is -2.55. The van der Waals surface area contributed by atoms with Crippen LogP contribution in [0.15, 0.2) is 103 Å². The van der Waals surface area contributed by atoms with Crippen molar-refractivity contribution in [3.8, 4) is 0 Å². The summed E-state index contributed by atoms with van der Waals surface area (Å²) in [5.41, 5.74) is 4.20. The van der Waals surface area contributed by atoms with Crippen molar-refractivity contribution in [3.05, 3.63) is 119 Å². The third-order valence-corrected chi connectivity index (χ3v) is 14.9. The van der Waals surface area contributed by atoms with E-state index in [-0.39, 0.29) is 17.2 Å². The van der Waals surface area contributed by atoms with E-state index in [4.69, 9.17) is 9.16 Å². The molecule has 48 heavy (non-hydrogen) atoms. The van der Waals surface area contributed by atoms with Gasteiger partial charge in [-0.2, -0.15) is 0 Å². The van der Waals surface area contributed by atoms with Gasteiger partial charge in [0.05, 0.1) is 11.6 Å². The second-order valence-corrected chi connectivity index (χ2v) is 20.7. The molecule has 0 bridgehead atoms. The highest BCUT2D eigenvalue weighted by molar-refractivity contribution is 6.74. The van der Waals surface area contributed by atoms with Gasteiger partial charge in [0.25, 0.3) is 0 Å². The van der Waals surface area contributed by atoms with Crippen LogP contribution in [0.2, 0.25) is 18.1 Å². The Balaban J connectivity index is 1.49. The smallest absolute Gasteiger partial charge is 0.410 e. The van der Waals surface area contributed by atoms with Crippen molar-refractivity contribution in [1.82, 2.24) is 14.7 Å². The summed E-state index contributed by atoms with van der Waals surface area (Å²) in [5.74, 6) is 0. The fraction of sp³-hybridized carbons (Fsp3) is 0.488. The van der Waals surface area contributed by atoms with Gasteiger partial charge in [-0.05, 0) is 67.6 Å². The predicted octanol–water partition coefficient (Wildman–Crippen LogP) is 8.55. The van der Waals surface area contributed by atoms with Crippen molar-refractivity contribution in [2.75, 3.05) is 45.8 Å². The first-order valence-corrected chi connectivity index (χ1v) is 20.6. The van der Waals surface area contributed by atoms with Gasteiger partial charge in [-0.15, -0.1) is 0 Å². The highest BCUT2D eigenvalue weighted by Gasteiger charge is 2.46. The van der Waals surface area contributed by atoms with E-state index in [0.717, 1.165) is 39.1 Å². The maximum atomic E-state index is 12.7. The fourth-order valence-corrected chi connectivity index (χ4v) is 8.11. The molecule has 2 saturated heterocycles. The second kappa shape index (κ2) is 14.7. The van der Waals surface area contributed by atoms with Crippen LogP contribution in [0.25, 0.3) is 0 Å². The van der Waals surface area contributed by atoms with Gasteiger partial charge in [0.1, 0.15) is 5.60 Å². The van der Waals surface area contributed by atoms with Crippen molar-refractivity contribution >= 4 is 14.4 Å². The number of hydrogen-bond donors (Lipinski definition) is 0. The number of likely N-dealkylation sites (tertiary alicyclic amines) is 1. The Kier molecular flexibility index (Phi) is 11.1. The van der Waals surface area contributed by atoms with Gasteiger partial charge in [-0.1, -0.05) is 118 Å². The molecule has 6 nitrogen and oxygen atoms in total. The number of ether oxygens (including phenoxy) is 1. The summed E-state index contributed by atoms with van der Waals surface area (Å²) in [5, 5.41) is 0.120. The summed E-state index contributed by atoms with van der Waals surface area (Å²) < 4.78 is 12.9. The molecule has 2 fully saturated rings. The van der Waals surface area contributed by atoms with E-state index in [1.165, 1.54) is 22.3 Å². The number of nitrogens with zero attached hydrogens (tertiary/aromatic N) is 3. The zero-order valence-corrected chi connectivity index (χ0v) is 31.5. The standard InChI is InChI=1S/C41H57N3O3Si/c1-39(2,3)46-38(45)43-30-28-42(29-31-43)26-24-33-32-44(27-25-37(33)47-48(7,8)40(4,5)6)41(34-18-12-9-13-19-34,35-20-14-10-15-21-35)36-22-16-11-17-23-36/h9-24,37H,25-32H2,1-8H3/b33-24+. The van der Waals surface area contributed by atoms with Gasteiger partial charge in [0.15, 0.2) is 8.32 Å². The summed E-state index contributed by atoms with van der Waals surface area (Å²) >= 11 is 0. The van der Waals surface area contributed by atoms with Crippen molar-refractivity contribution in [2.45, 2.75) is 83.3 Å². The van der Waals surface area contributed by atoms with Crippen LogP contribution >= 0.6 is 0 Å². The summed E-state index contributed by atoms with van der Waals surface area (Å²) in [6.07, 6.45) is 3.23. The molecule has 0 N–H and O–H groups in total. The van der Waals surface area contributed by atoms with Crippen molar-refractivity contribution in [1.29, 1.82) is 0 Å². The molecule has 3 aromatic rings. The van der Waals surface area contributed by atoms with Gasteiger partial charge < -0.3 is 14.1 Å². The van der Waals surface area contributed by atoms with Gasteiger partial charge in [-0.25, -0.2) is 4.79 Å². The normalized spacial score (nSPS) is 19.8. The summed E-state index contributed by atoms with van der Waals surface area (Å²) in [7, 11) is -2.03. The Morgan fingerprint density at radius 3 is 1.67 bits per heavy atom. The first-order chi connectivity index (χ1) is 22.7. The average molecular weight is 668 g/mol. The lowest BCUT2D eigenvalue weighted by atomic mass is 9.74. The molecule has 0 spiro atoms. The van der Waals surface area contributed by atoms with Gasteiger partial charge in [0.2, 0.25) is 0 Å². The van der Waals surface area contributed by atoms with E-state index in [2.05, 4.69) is 141 Å². The quantitative estimate of drug-likeness (QED) is 0.137. The molecule has 5 rings (SSSR count). The minimum absolute atomic E-state index is 0.0743. The van der Waals surface area contributed by atoms with Crippen LogP contribution in [-0.4, -0.2) is 86.6 Å². The Labute approximate surface area is 290 Å². The average Bonchev–Trinajstić information content (AvgIpc) is 3.05. The highest BCUT2D eigenvalue weighted by atomic mass is 28.4. The molecule has 1 unspecified atom stereocenters. The molecule has 0 aromatic heterocycles. The van der Waals surface area contributed by atoms with Crippen LogP contribution in [-0.2, 0) is 14.7 Å². The Hall–Kier alpha value is -3.23. The second-order valence-electron chi connectivity index (χ2n) is 15.9. The third-order valence-electron chi connectivity index (χ3n) is 10.4. The third kappa shape index (κ3) is 8.13. The van der Waals surface area contributed by atoms with Crippen LogP contribution < -0.4 is 0 Å². The molecule has 3 aromatic carbocycles. The molecule has 0 saturated carbocycles. The van der Waals surface area contributed by atoms with Crippen LogP contribution in [0.1, 0.15) is 64.7 Å². The number of hydrogen-bond acceptors (Lipinski definition) is 5. The Morgan fingerprint density at radius 2 is 1.23 bits per heavy atom. The zero-order chi connectivity index (χ0) is 34.6. The van der Waals surface area contributed by atoms with Crippen molar-refractivity contribution in [3.63, 3.8) is 0 Å². The number of rotatable bonds is 8. The Bertz CT molecular complexity index is 1410. The maximum absolute atomic E-state index is 12.7. The molecular weight excluding hydrogens is 611 g/mol. The molecule has 258 valence electrons. The summed E-state index contributed by atoms with van der Waals surface area (Å²) in [6.45, 7) is 23.0. The van der Waals surface area contributed by atoms with Crippen LogP contribution in [0.3, 0.4) is 0 Å². The van der Waals surface area contributed by atoms with E-state index in [0.29, 0.717) is 13.1 Å². The minimum Gasteiger partial charge on any atom is -0.444 e. The number of piperidine rings is 1. The largest absolute Gasteiger partial charge is 0.444 e. The molecule has 2 aliphatic heterocycles. The first kappa shape index (κ1) is 36.1. The van der Waals surface area contributed by atoms with Crippen LogP contribution in [0, 0.1) is 0 Å². The monoisotopic (exact) mass is 667 g/mol. The van der Waals surface area contributed by atoms with Crippen molar-refractivity contribution in [2.24, 2.45) is 0 Å². The van der Waals surface area contributed by atoms with Gasteiger partial charge >= 0.3 is 6.09 Å². The van der Waals surface area contributed by atoms with E-state index in [1.54, 1.807) is 0 Å². The van der Waals surface area contributed by atoms with E-state index in [1.807, 2.05) is 25.7 Å². The SMILES string of the molecule is CC(C)(C)OC(=O)N1CCN(C/C=C2\CN(C(c3ccccc3)(c3ccccc3)c3ccccc3)CCC2O[Si](C)(C)C(C)(C)C)CC1. The van der Waals surface area contributed by atoms with Crippen LogP contribution in [0.5, 0.6) is 0 Å². The number of amides is 1. The molecule has 1 atom stereocenters. The van der Waals surface area contributed by atoms with Gasteiger partial charge in [0, 0.05) is 45.8 Å². The molecule has 0 aliphatic carbocycles. The minimum atomic E-state index is -2.03. The van der Waals surface area contributed by atoms with Crippen molar-refractivity contribution < 1.29 is 14.0 Å². The number of piperazine rings is 1. The van der Waals surface area contributed by atoms with E-state index < -0.39 is 19.5 Å². The summed E-state index contributed by atoms with van der Waals surface area (Å²) in [4.78, 5) is 19.7. The molecule has 2 heterocycles. The number of carbonyl (C=O) groups excluding carboxylic acids is 1. The lowest BCUT2D eigenvalue weighted by molar-refractivity contribution is 0.0153. The van der Waals surface area contributed by atoms with Crippen LogP contribution in [0.4, 0.5) is 4.79 Å². The topological polar surface area (TPSA) is 45.2 Å². The highest BCUT2D eigenvalue weighted by Crippen LogP contribution is 2.46. The lowest BCUT2D eigenvalue weighted by Gasteiger charge is -2.50. The molecular formula is C41H57N3O3Si. The molecule has 7 heteroatoms. The molecule has 0 radical (unpaired) electrons. The number of carbonyl (C=O) groups is 1. The molecule has 2 aliphatic rings.